The third-order valence-corrected chi connectivity index (χ3v) is 7.01. The number of fused-ring (bicyclic) bond motifs is 1. The molecule has 0 aliphatic carbocycles. The molecule has 0 saturated carbocycles. The number of carbonyl (C=O) groups excluding carboxylic acids is 3. The average molecular weight is 609 g/mol. The van der Waals surface area contributed by atoms with Gasteiger partial charge in [0.25, 0.3) is 11.8 Å². The largest absolute Gasteiger partial charge is 0.493 e. The summed E-state index contributed by atoms with van der Waals surface area (Å²) in [6, 6.07) is 7.92. The highest BCUT2D eigenvalue weighted by molar-refractivity contribution is 7.90. The third-order valence-electron chi connectivity index (χ3n) is 6.09. The summed E-state index contributed by atoms with van der Waals surface area (Å²) in [5.41, 5.74) is 0.360. The molecule has 1 aliphatic heterocycles. The molecule has 0 aromatic heterocycles. The van der Waals surface area contributed by atoms with E-state index >= 15 is 0 Å². The Bertz CT molecular complexity index is 1360. The van der Waals surface area contributed by atoms with Crippen LogP contribution in [0.25, 0.3) is 0 Å². The van der Waals surface area contributed by atoms with Gasteiger partial charge in [-0.2, -0.15) is 0 Å². The number of amides is 3. The van der Waals surface area contributed by atoms with Crippen LogP contribution in [0.15, 0.2) is 36.4 Å². The highest BCUT2D eigenvalue weighted by Crippen LogP contribution is 2.38. The highest BCUT2D eigenvalue weighted by Gasteiger charge is 2.43. The number of hydrogen-bond donors (Lipinski definition) is 1. The Labute approximate surface area is 244 Å². The van der Waals surface area contributed by atoms with Crippen LogP contribution in [0.2, 0.25) is 0 Å². The summed E-state index contributed by atoms with van der Waals surface area (Å²) in [4.78, 5) is 40.5. The number of sulfone groups is 1. The van der Waals surface area contributed by atoms with Gasteiger partial charge in [0, 0.05) is 13.4 Å². The first-order valence-electron chi connectivity index (χ1n) is 13.2. The van der Waals surface area contributed by atoms with Gasteiger partial charge in [0.2, 0.25) is 0 Å². The van der Waals surface area contributed by atoms with Gasteiger partial charge in [-0.15, -0.1) is 0 Å². The monoisotopic (exact) mass is 608 g/mol. The number of ether oxygens (including phenoxy) is 6. The normalized spacial score (nSPS) is 13.6. The van der Waals surface area contributed by atoms with Crippen molar-refractivity contribution in [2.24, 2.45) is 0 Å². The molecule has 2 aromatic rings. The van der Waals surface area contributed by atoms with Gasteiger partial charge in [-0.1, -0.05) is 12.1 Å². The third kappa shape index (κ3) is 8.64. The van der Waals surface area contributed by atoms with Gasteiger partial charge in [-0.25, -0.2) is 13.2 Å². The fourth-order valence-electron chi connectivity index (χ4n) is 4.27. The first kappa shape index (κ1) is 32.8. The molecule has 2 aromatic carbocycles. The summed E-state index contributed by atoms with van der Waals surface area (Å²) in [6.45, 7) is 3.74. The lowest BCUT2D eigenvalue weighted by atomic mass is 10.1. The average Bonchev–Trinajstić information content (AvgIpc) is 3.20. The molecule has 14 heteroatoms. The van der Waals surface area contributed by atoms with Gasteiger partial charge in [0.15, 0.2) is 11.5 Å². The van der Waals surface area contributed by atoms with E-state index in [1.54, 1.807) is 32.2 Å². The molecule has 0 fully saturated rings. The molecule has 1 atom stereocenters. The first-order valence-corrected chi connectivity index (χ1v) is 15.2. The molecule has 3 amide bonds. The Kier molecular flexibility index (Phi) is 12.1. The van der Waals surface area contributed by atoms with Crippen LogP contribution in [0.3, 0.4) is 0 Å². The van der Waals surface area contributed by atoms with E-state index in [1.807, 2.05) is 0 Å². The molecule has 1 N–H and O–H groups in total. The number of methoxy groups -OCH3 is 2. The van der Waals surface area contributed by atoms with E-state index in [-0.39, 0.29) is 30.0 Å². The minimum atomic E-state index is -3.67. The minimum absolute atomic E-state index is 0.0200. The number of anilines is 1. The van der Waals surface area contributed by atoms with Crippen molar-refractivity contribution in [3.8, 4) is 11.5 Å². The number of nitrogens with zero attached hydrogens (tertiary/aromatic N) is 1. The maximum atomic E-state index is 13.7. The van der Waals surface area contributed by atoms with Crippen molar-refractivity contribution < 1.29 is 51.2 Å². The number of hydrogen-bond acceptors (Lipinski definition) is 11. The second-order valence-electron chi connectivity index (χ2n) is 9.14. The Morgan fingerprint density at radius 3 is 2.26 bits per heavy atom. The Morgan fingerprint density at radius 1 is 0.929 bits per heavy atom. The molecule has 0 spiro atoms. The summed E-state index contributed by atoms with van der Waals surface area (Å²) in [5.74, 6) is -1.24. The van der Waals surface area contributed by atoms with Crippen LogP contribution in [0.5, 0.6) is 11.5 Å². The van der Waals surface area contributed by atoms with E-state index in [1.165, 1.54) is 25.3 Å². The summed E-state index contributed by atoms with van der Waals surface area (Å²) in [5, 5.41) is 2.50. The fourth-order valence-corrected chi connectivity index (χ4v) is 5.18. The molecule has 0 radical (unpaired) electrons. The van der Waals surface area contributed by atoms with Crippen LogP contribution in [0.1, 0.15) is 39.2 Å². The maximum absolute atomic E-state index is 13.7. The second-order valence-corrected chi connectivity index (χ2v) is 11.3. The van der Waals surface area contributed by atoms with Crippen LogP contribution in [-0.2, 0) is 28.8 Å². The van der Waals surface area contributed by atoms with Crippen molar-refractivity contribution >= 4 is 33.4 Å². The van der Waals surface area contributed by atoms with E-state index in [9.17, 15) is 22.8 Å². The molecule has 42 heavy (non-hydrogen) atoms. The van der Waals surface area contributed by atoms with E-state index in [4.69, 9.17) is 28.4 Å². The van der Waals surface area contributed by atoms with Crippen LogP contribution in [0, 0.1) is 0 Å². The lowest BCUT2D eigenvalue weighted by molar-refractivity contribution is 0.0141. The molecular weight excluding hydrogens is 572 g/mol. The zero-order chi connectivity index (χ0) is 30.7. The van der Waals surface area contributed by atoms with Crippen molar-refractivity contribution in [2.45, 2.75) is 13.0 Å². The zero-order valence-electron chi connectivity index (χ0n) is 24.0. The van der Waals surface area contributed by atoms with Crippen molar-refractivity contribution in [3.05, 3.63) is 53.1 Å². The van der Waals surface area contributed by atoms with Crippen molar-refractivity contribution in [2.75, 3.05) is 77.8 Å². The van der Waals surface area contributed by atoms with Crippen LogP contribution < -0.4 is 14.8 Å². The molecular formula is C28H36N2O11S. The van der Waals surface area contributed by atoms with Crippen molar-refractivity contribution in [1.82, 2.24) is 4.90 Å². The highest BCUT2D eigenvalue weighted by atomic mass is 32.2. The van der Waals surface area contributed by atoms with Gasteiger partial charge in [0.05, 0.1) is 75.4 Å². The van der Waals surface area contributed by atoms with Gasteiger partial charge >= 0.3 is 6.09 Å². The maximum Gasteiger partial charge on any atom is 0.411 e. The van der Waals surface area contributed by atoms with Crippen molar-refractivity contribution in [1.29, 1.82) is 0 Å². The summed E-state index contributed by atoms with van der Waals surface area (Å²) in [6.07, 6.45) is 0.165. The Morgan fingerprint density at radius 2 is 1.62 bits per heavy atom. The molecule has 0 saturated heterocycles. The fraction of sp³-hybridized carbons (Fsp3) is 0.464. The van der Waals surface area contributed by atoms with E-state index in [0.29, 0.717) is 50.1 Å². The van der Waals surface area contributed by atoms with Gasteiger partial charge < -0.3 is 28.4 Å². The number of imide groups is 1. The predicted molar refractivity (Wildman–Crippen MR) is 152 cm³/mol. The van der Waals surface area contributed by atoms with E-state index < -0.39 is 39.5 Å². The smallest absolute Gasteiger partial charge is 0.411 e. The second kappa shape index (κ2) is 15.5. The van der Waals surface area contributed by atoms with E-state index in [0.717, 1.165) is 11.2 Å². The topological polar surface area (TPSA) is 156 Å². The Balaban J connectivity index is 1.75. The summed E-state index contributed by atoms with van der Waals surface area (Å²) >= 11 is 0. The minimum Gasteiger partial charge on any atom is -0.493 e. The zero-order valence-corrected chi connectivity index (χ0v) is 24.9. The lowest BCUT2D eigenvalue weighted by Crippen LogP contribution is -2.37. The first-order chi connectivity index (χ1) is 20.1. The Hall–Kier alpha value is -3.72. The number of nitrogens with one attached hydrogen (secondary N) is 1. The quantitative estimate of drug-likeness (QED) is 0.208. The number of carbonyl (C=O) groups is 3. The summed E-state index contributed by atoms with van der Waals surface area (Å²) in [7, 11) is -0.632. The summed E-state index contributed by atoms with van der Waals surface area (Å²) < 4.78 is 56.4. The van der Waals surface area contributed by atoms with Crippen LogP contribution >= 0.6 is 0 Å². The molecule has 1 aliphatic rings. The standard InChI is InChI=1S/C28H36N2O11S/c1-5-40-24-17-19(9-10-23(24)37-3)22(18-42(4,34)35)30-26(31)20-7-6-8-21(25(20)27(30)32)29-28(33)41-16-15-39-14-13-38-12-11-36-2/h6-10,17,22H,5,11-16,18H2,1-4H3,(H,29,33). The van der Waals surface area contributed by atoms with E-state index in [2.05, 4.69) is 5.32 Å². The lowest BCUT2D eigenvalue weighted by Gasteiger charge is -2.27. The number of rotatable bonds is 17. The number of benzene rings is 2. The van der Waals surface area contributed by atoms with Gasteiger partial charge in [-0.05, 0) is 36.8 Å². The van der Waals surface area contributed by atoms with Crippen LogP contribution in [-0.4, -0.2) is 104 Å². The molecule has 0 bridgehead atoms. The van der Waals surface area contributed by atoms with Gasteiger partial charge in [-0.3, -0.25) is 19.8 Å². The van der Waals surface area contributed by atoms with Crippen LogP contribution in [0.4, 0.5) is 10.5 Å². The van der Waals surface area contributed by atoms with Crippen molar-refractivity contribution in [3.63, 3.8) is 0 Å². The molecule has 13 nitrogen and oxygen atoms in total. The predicted octanol–water partition coefficient (Wildman–Crippen LogP) is 2.70. The van der Waals surface area contributed by atoms with Gasteiger partial charge in [0.1, 0.15) is 16.4 Å². The molecule has 3 rings (SSSR count). The molecule has 230 valence electrons. The molecule has 1 unspecified atom stereocenters. The molecule has 1 heterocycles. The SMILES string of the molecule is CCOc1cc(C(CS(C)(=O)=O)N2C(=O)c3cccc(NC(=O)OCCOCCOCCOC)c3C2=O)ccc1OC.